The number of hydrogen-bond acceptors (Lipinski definition) is 18. The van der Waals surface area contributed by atoms with E-state index in [9.17, 15) is 56.7 Å². The van der Waals surface area contributed by atoms with Gasteiger partial charge in [0.05, 0.1) is 34.9 Å². The highest BCUT2D eigenvalue weighted by atomic mass is 32.2. The number of carbonyl (C=O) groups is 9. The third-order valence-corrected chi connectivity index (χ3v) is 22.2. The zero-order chi connectivity index (χ0) is 75.2. The quantitative estimate of drug-likeness (QED) is 0.0138. The van der Waals surface area contributed by atoms with Crippen LogP contribution < -0.4 is 42.4 Å². The van der Waals surface area contributed by atoms with Crippen molar-refractivity contribution in [3.63, 3.8) is 0 Å². The number of carboxylic acid groups (broad SMARTS) is 1. The molecule has 30 heteroatoms. The minimum Gasteiger partial charge on any atom is -0.476 e. The summed E-state index contributed by atoms with van der Waals surface area (Å²) < 4.78 is 40.2. The van der Waals surface area contributed by atoms with Crippen molar-refractivity contribution in [1.29, 1.82) is 0 Å². The fraction of sp³-hybridized carbons (Fsp3) is 0.493. The van der Waals surface area contributed by atoms with Crippen LogP contribution in [-0.4, -0.2) is 160 Å². The first kappa shape index (κ1) is 78.0. The lowest BCUT2D eigenvalue weighted by atomic mass is 9.56. The molecule has 3 saturated carbocycles. The summed E-state index contributed by atoms with van der Waals surface area (Å²) in [6, 6.07) is 20.5. The molecule has 2 aliphatic heterocycles. The van der Waals surface area contributed by atoms with Gasteiger partial charge in [0.25, 0.3) is 17.7 Å². The van der Waals surface area contributed by atoms with Crippen LogP contribution >= 0.6 is 11.3 Å². The summed E-state index contributed by atoms with van der Waals surface area (Å²) in [5.41, 5.74) is 10.8. The molecule has 0 saturated heterocycles. The second kappa shape index (κ2) is 35.0. The fourth-order valence-corrected chi connectivity index (χ4v) is 16.4. The van der Waals surface area contributed by atoms with E-state index >= 15 is 0 Å². The molecular formula is C75H96N14O14S2. The standard InChI is InChI=1S/C75H96N14O14S2/c1-6-31-74(5)32-28-51-29-33-75(45-74,46-89-48(4)55(42-79-89)53-24-25-61(83-66(53)70(96)97)87-36-30-50-14-12-15-54(56(50)43-87)67(93)85-72-82-57-16-9-10-18-60(57)104-72)41-59(51)102-39-37-86(38-40-105(77,100)101)73(99)103-44-49-20-22-52(23-21-49)80-68(94)58(17-13-34-78-71(76)98)81-69(95)65(47(2)3)84-62(90)19-8-7-11-35-88-63(91)26-27-64(88)92/h9-10,12,14-16,18,20-27,42,47,51,58-59,65H,6-8,11,13,17,19,28-41,43-46H2,1-5H3,(H,80,94)(H,81,95)(H,84,90)(H,96,97)(H3,76,78,98)(H2,77,100,101)(H,82,85,93)/t51?,58-,59?,65-,74?,75?/m0/s1. The molecule has 0 radical (unpaired) electrons. The Kier molecular flexibility index (Phi) is 26.0. The number of ether oxygens (including phenoxy) is 2. The van der Waals surface area contributed by atoms with Crippen molar-refractivity contribution in [3.8, 4) is 11.1 Å². The Balaban J connectivity index is 0.755. The number of primary amides is 1. The molecule has 3 aliphatic carbocycles. The van der Waals surface area contributed by atoms with Crippen molar-refractivity contribution in [2.45, 2.75) is 169 Å². The van der Waals surface area contributed by atoms with E-state index in [0.29, 0.717) is 90.6 Å². The number of carbonyl (C=O) groups excluding carboxylic acids is 8. The molecular weight excluding hydrogens is 1390 g/mol. The number of nitrogens with zero attached hydrogens (tertiary/aromatic N) is 7. The van der Waals surface area contributed by atoms with Gasteiger partial charge < -0.3 is 51.4 Å². The number of imide groups is 1. The zero-order valence-corrected chi connectivity index (χ0v) is 61.8. The van der Waals surface area contributed by atoms with E-state index in [1.807, 2.05) is 59.0 Å². The van der Waals surface area contributed by atoms with Crippen LogP contribution in [0.2, 0.25) is 0 Å². The smallest absolute Gasteiger partial charge is 0.410 e. The summed E-state index contributed by atoms with van der Waals surface area (Å²) in [7, 11) is -4.01. The lowest BCUT2D eigenvalue weighted by Crippen LogP contribution is -2.54. The number of amides is 9. The third-order valence-electron chi connectivity index (χ3n) is 20.5. The number of primary sulfonamides is 1. The number of aromatic nitrogens is 4. The molecule has 6 aromatic rings. The lowest BCUT2D eigenvalue weighted by molar-refractivity contribution is -0.137. The Bertz CT molecular complexity index is 4280. The molecule has 10 N–H and O–H groups in total. The number of benzene rings is 3. The molecule has 9 amide bonds. The van der Waals surface area contributed by atoms with Crippen molar-refractivity contribution in [1.82, 2.24) is 45.5 Å². The second-order valence-corrected chi connectivity index (χ2v) is 31.5. The van der Waals surface area contributed by atoms with Gasteiger partial charge in [-0.3, -0.25) is 43.7 Å². The average Bonchev–Trinajstić information content (AvgIpc) is 1.76. The van der Waals surface area contributed by atoms with Crippen molar-refractivity contribution >= 4 is 102 Å². The number of nitrogens with one attached hydrogen (secondary N) is 5. The van der Waals surface area contributed by atoms with E-state index in [2.05, 4.69) is 45.4 Å². The number of fused-ring (bicyclic) bond motifs is 7. The maximum absolute atomic E-state index is 13.9. The van der Waals surface area contributed by atoms with Gasteiger partial charge in [-0.1, -0.05) is 88.3 Å². The molecule has 3 aromatic heterocycles. The number of thiazole rings is 1. The van der Waals surface area contributed by atoms with Crippen LogP contribution in [0.25, 0.3) is 21.3 Å². The van der Waals surface area contributed by atoms with Crippen molar-refractivity contribution in [2.75, 3.05) is 60.6 Å². The van der Waals surface area contributed by atoms with Crippen LogP contribution in [-0.2, 0) is 69.6 Å². The number of urea groups is 1. The Morgan fingerprint density at radius 3 is 2.35 bits per heavy atom. The van der Waals surface area contributed by atoms with Gasteiger partial charge in [-0.05, 0) is 166 Å². The van der Waals surface area contributed by atoms with Crippen molar-refractivity contribution < 1.29 is 66.1 Å². The van der Waals surface area contributed by atoms with E-state index in [-0.39, 0.29) is 111 Å². The first-order valence-electron chi connectivity index (χ1n) is 36.1. The first-order chi connectivity index (χ1) is 50.2. The van der Waals surface area contributed by atoms with E-state index in [1.54, 1.807) is 56.4 Å². The Hall–Kier alpha value is -9.65. The maximum Gasteiger partial charge on any atom is 0.410 e. The number of aromatic carboxylic acids is 1. The van der Waals surface area contributed by atoms with Crippen LogP contribution in [0, 0.1) is 29.6 Å². The summed E-state index contributed by atoms with van der Waals surface area (Å²) >= 11 is 1.40. The average molecular weight is 1480 g/mol. The lowest BCUT2D eigenvalue weighted by Gasteiger charge is -2.52. The van der Waals surface area contributed by atoms with Crippen molar-refractivity contribution in [2.24, 2.45) is 33.5 Å². The number of anilines is 3. The number of para-hydroxylation sites is 1. The SMILES string of the molecule is CCCC1(C)CCC2CCC(Cn3ncc(-c4ccc(N5CCc6cccc(C(=O)Nc7nc8ccccc8s7)c6C5)nc4C(=O)O)c3C)(CC2OCCN(CCS(N)(=O)=O)C(=O)OCc2ccc(NC(=O)[C@H](CCCNC(N)=O)NC(=O)[C@@H](NC(=O)CCCCCN3C(=O)C=CC3=O)C(C)C)cc2)C1. The Morgan fingerprint density at radius 1 is 0.867 bits per heavy atom. The number of sulfonamides is 1. The highest BCUT2D eigenvalue weighted by molar-refractivity contribution is 7.89. The normalized spacial score (nSPS) is 19.2. The van der Waals surface area contributed by atoms with E-state index in [0.717, 1.165) is 76.9 Å². The predicted molar refractivity (Wildman–Crippen MR) is 397 cm³/mol. The fourth-order valence-electron chi connectivity index (χ4n) is 15.1. The van der Waals surface area contributed by atoms with Crippen LogP contribution in [0.1, 0.15) is 161 Å². The Morgan fingerprint density at radius 2 is 1.63 bits per heavy atom. The molecule has 3 aromatic carbocycles. The van der Waals surface area contributed by atoms with Gasteiger partial charge in [-0.15, -0.1) is 0 Å². The number of hydrogen-bond donors (Lipinski definition) is 8. The zero-order valence-electron chi connectivity index (χ0n) is 60.2. The number of unbranched alkanes of at least 4 members (excludes halogenated alkanes) is 2. The summed E-state index contributed by atoms with van der Waals surface area (Å²) in [5.74, 6) is -4.04. The van der Waals surface area contributed by atoms with Crippen LogP contribution in [0.5, 0.6) is 0 Å². The topological polar surface area (TPSA) is 392 Å². The van der Waals surface area contributed by atoms with E-state index < -0.39 is 63.7 Å². The molecule has 28 nitrogen and oxygen atoms in total. The van der Waals surface area contributed by atoms with Gasteiger partial charge in [0.2, 0.25) is 27.7 Å². The number of pyridine rings is 1. The first-order valence-corrected chi connectivity index (χ1v) is 38.6. The number of rotatable bonds is 34. The van der Waals surface area contributed by atoms with Gasteiger partial charge >= 0.3 is 18.1 Å². The minimum atomic E-state index is -4.01. The third kappa shape index (κ3) is 20.7. The summed E-state index contributed by atoms with van der Waals surface area (Å²) in [5, 5.41) is 35.5. The summed E-state index contributed by atoms with van der Waals surface area (Å²) in [6.45, 7) is 11.4. The molecule has 5 aliphatic rings. The molecule has 2 bridgehead atoms. The summed E-state index contributed by atoms with van der Waals surface area (Å²) in [6.07, 6.45) is 13.0. The monoisotopic (exact) mass is 1480 g/mol. The molecule has 0 spiro atoms. The minimum absolute atomic E-state index is 0.00775. The van der Waals surface area contributed by atoms with E-state index in [1.165, 1.54) is 28.4 Å². The van der Waals surface area contributed by atoms with Crippen molar-refractivity contribution in [3.05, 3.63) is 131 Å². The number of nitrogens with two attached hydrogens (primary N) is 2. The van der Waals surface area contributed by atoms with Gasteiger partial charge in [0, 0.05) is 92.5 Å². The van der Waals surface area contributed by atoms with Crippen LogP contribution in [0.4, 0.5) is 26.2 Å². The second-order valence-electron chi connectivity index (χ2n) is 28.8. The largest absolute Gasteiger partial charge is 0.476 e. The van der Waals surface area contributed by atoms with Gasteiger partial charge in [0.1, 0.15) is 24.5 Å². The van der Waals surface area contributed by atoms with Gasteiger partial charge in [-0.2, -0.15) is 5.10 Å². The maximum atomic E-state index is 13.9. The van der Waals surface area contributed by atoms with Gasteiger partial charge in [-0.25, -0.2) is 37.9 Å². The predicted octanol–water partition coefficient (Wildman–Crippen LogP) is 8.96. The van der Waals surface area contributed by atoms with Crippen LogP contribution in [0.15, 0.2) is 97.2 Å². The molecule has 6 atom stereocenters. The highest BCUT2D eigenvalue weighted by Gasteiger charge is 2.49. The summed E-state index contributed by atoms with van der Waals surface area (Å²) in [4.78, 5) is 131. The van der Waals surface area contributed by atoms with Gasteiger partial charge in [0.15, 0.2) is 10.8 Å². The van der Waals surface area contributed by atoms with Crippen LogP contribution in [0.3, 0.4) is 0 Å². The molecule has 562 valence electrons. The molecule has 4 unspecified atom stereocenters. The molecule has 5 heterocycles. The Labute approximate surface area is 615 Å². The highest BCUT2D eigenvalue weighted by Crippen LogP contribution is 2.55. The molecule has 105 heavy (non-hydrogen) atoms. The number of carboxylic acids is 1. The van der Waals surface area contributed by atoms with E-state index in [4.69, 9.17) is 30.4 Å². The molecule has 3 fully saturated rings. The molecule has 11 rings (SSSR count).